The van der Waals surface area contributed by atoms with Gasteiger partial charge in [-0.25, -0.2) is 0 Å². The molecule has 0 atom stereocenters. The second-order valence-corrected chi connectivity index (χ2v) is 10.4. The molecule has 200 valence electrons. The Hall–Kier alpha value is -4.38. The van der Waals surface area contributed by atoms with Gasteiger partial charge in [0.15, 0.2) is 0 Å². The van der Waals surface area contributed by atoms with E-state index in [0.29, 0.717) is 30.1 Å². The number of ether oxygens (including phenoxy) is 1. The van der Waals surface area contributed by atoms with Gasteiger partial charge in [0, 0.05) is 30.5 Å². The van der Waals surface area contributed by atoms with Gasteiger partial charge in [-0.2, -0.15) is 0 Å². The average molecular weight is 547 g/mol. The van der Waals surface area contributed by atoms with Crippen LogP contribution < -0.4 is 4.74 Å². The van der Waals surface area contributed by atoms with Crippen LogP contribution in [0.25, 0.3) is 11.8 Å². The van der Waals surface area contributed by atoms with E-state index in [9.17, 15) is 24.5 Å². The van der Waals surface area contributed by atoms with Crippen LogP contribution in [0.3, 0.4) is 0 Å². The molecule has 3 heterocycles. The number of hydrogen-bond donors (Lipinski definition) is 0. The number of nitro benzene ring substituents is 1. The van der Waals surface area contributed by atoms with Crippen molar-refractivity contribution in [2.45, 2.75) is 26.8 Å². The van der Waals surface area contributed by atoms with Crippen LogP contribution in [0.15, 0.2) is 53.4 Å². The lowest BCUT2D eigenvalue weighted by molar-refractivity contribution is -0.384. The highest BCUT2D eigenvalue weighted by Gasteiger charge is 2.37. The molecule has 0 radical (unpaired) electrons. The Morgan fingerprint density at radius 1 is 1.13 bits per heavy atom. The van der Waals surface area contributed by atoms with Gasteiger partial charge in [-0.3, -0.25) is 29.4 Å². The number of carbonyl (C=O) groups is 3. The molecule has 39 heavy (non-hydrogen) atoms. The molecule has 10 nitrogen and oxygen atoms in total. The van der Waals surface area contributed by atoms with E-state index < -0.39 is 16.1 Å². The first-order chi connectivity index (χ1) is 18.7. The van der Waals surface area contributed by atoms with Gasteiger partial charge in [-0.05, 0) is 66.9 Å². The monoisotopic (exact) mass is 546 g/mol. The van der Waals surface area contributed by atoms with Crippen LogP contribution in [0.2, 0.25) is 0 Å². The van der Waals surface area contributed by atoms with Crippen molar-refractivity contribution < 1.29 is 24.0 Å². The van der Waals surface area contributed by atoms with Crippen LogP contribution in [0.4, 0.5) is 10.5 Å². The maximum Gasteiger partial charge on any atom is 0.294 e. The predicted molar refractivity (Wildman–Crippen MR) is 147 cm³/mol. The fraction of sp³-hybridized carbons (Fsp3) is 0.250. The highest BCUT2D eigenvalue weighted by atomic mass is 32.2. The number of aromatic nitrogens is 1. The molecule has 1 saturated heterocycles. The molecule has 5 rings (SSSR count). The lowest BCUT2D eigenvalue weighted by Crippen LogP contribution is -2.44. The van der Waals surface area contributed by atoms with Crippen LogP contribution in [-0.2, 0) is 22.6 Å². The number of carbonyl (C=O) groups excluding carboxylic acids is 3. The van der Waals surface area contributed by atoms with E-state index in [1.807, 2.05) is 48.7 Å². The van der Waals surface area contributed by atoms with Gasteiger partial charge in [-0.15, -0.1) is 0 Å². The number of aryl methyl sites for hydroxylation is 1. The largest absolute Gasteiger partial charge is 0.494 e. The molecule has 2 aliphatic rings. The summed E-state index contributed by atoms with van der Waals surface area (Å²) >= 11 is 0.805. The molecule has 0 spiro atoms. The first-order valence-corrected chi connectivity index (χ1v) is 13.1. The molecule has 11 heteroatoms. The number of imide groups is 1. The van der Waals surface area contributed by atoms with E-state index in [4.69, 9.17) is 4.74 Å². The third-order valence-electron chi connectivity index (χ3n) is 7.02. The van der Waals surface area contributed by atoms with Gasteiger partial charge < -0.3 is 14.2 Å². The third-order valence-corrected chi connectivity index (χ3v) is 7.93. The number of fused-ring (bicyclic) bond motifs is 1. The summed E-state index contributed by atoms with van der Waals surface area (Å²) in [7, 11) is 1.44. The molecular weight excluding hydrogens is 520 g/mol. The lowest BCUT2D eigenvalue weighted by Gasteiger charge is -2.29. The summed E-state index contributed by atoms with van der Waals surface area (Å²) in [4.78, 5) is 52.5. The summed E-state index contributed by atoms with van der Waals surface area (Å²) in [5.74, 6) is -0.443. The fourth-order valence-corrected chi connectivity index (χ4v) is 5.82. The molecule has 0 unspecified atom stereocenters. The van der Waals surface area contributed by atoms with E-state index in [1.54, 1.807) is 17.0 Å². The zero-order chi connectivity index (χ0) is 27.8. The summed E-state index contributed by atoms with van der Waals surface area (Å²) in [6.45, 7) is 4.41. The Morgan fingerprint density at radius 2 is 1.87 bits per heavy atom. The van der Waals surface area contributed by atoms with E-state index in [2.05, 4.69) is 0 Å². The molecule has 1 aromatic heterocycles. The predicted octanol–water partition coefficient (Wildman–Crippen LogP) is 4.63. The highest BCUT2D eigenvalue weighted by molar-refractivity contribution is 8.18. The first-order valence-electron chi connectivity index (χ1n) is 12.3. The van der Waals surface area contributed by atoms with Gasteiger partial charge in [-0.1, -0.05) is 24.3 Å². The third kappa shape index (κ3) is 4.92. The second kappa shape index (κ2) is 10.4. The zero-order valence-corrected chi connectivity index (χ0v) is 22.5. The Morgan fingerprint density at radius 3 is 2.59 bits per heavy atom. The molecule has 2 aromatic carbocycles. The van der Waals surface area contributed by atoms with E-state index in [0.717, 1.165) is 40.0 Å². The molecule has 2 aliphatic heterocycles. The number of nitrogens with zero attached hydrogens (tertiary/aromatic N) is 4. The summed E-state index contributed by atoms with van der Waals surface area (Å²) < 4.78 is 7.28. The van der Waals surface area contributed by atoms with Crippen molar-refractivity contribution in [2.24, 2.45) is 0 Å². The number of hydrogen-bond acceptors (Lipinski definition) is 7. The molecule has 0 aliphatic carbocycles. The van der Waals surface area contributed by atoms with Crippen molar-refractivity contribution in [3.63, 3.8) is 0 Å². The Kier molecular flexibility index (Phi) is 7.00. The zero-order valence-electron chi connectivity index (χ0n) is 21.7. The molecule has 0 N–H and O–H groups in total. The summed E-state index contributed by atoms with van der Waals surface area (Å²) in [5.41, 5.74) is 5.08. The first kappa shape index (κ1) is 26.2. The van der Waals surface area contributed by atoms with E-state index in [1.165, 1.54) is 24.8 Å². The summed E-state index contributed by atoms with van der Waals surface area (Å²) in [6, 6.07) is 14.2. The van der Waals surface area contributed by atoms with E-state index >= 15 is 0 Å². The number of methoxy groups -OCH3 is 1. The van der Waals surface area contributed by atoms with Crippen LogP contribution in [0.5, 0.6) is 5.75 Å². The second-order valence-electron chi connectivity index (χ2n) is 9.38. The average Bonchev–Trinajstić information content (AvgIpc) is 3.36. The maximum absolute atomic E-state index is 13.2. The van der Waals surface area contributed by atoms with Crippen molar-refractivity contribution in [3.05, 3.63) is 91.6 Å². The molecule has 3 amide bonds. The van der Waals surface area contributed by atoms with Crippen molar-refractivity contribution in [3.8, 4) is 11.4 Å². The number of rotatable bonds is 6. The lowest BCUT2D eigenvalue weighted by atomic mass is 10.00. The molecule has 1 fully saturated rings. The molecule has 0 bridgehead atoms. The maximum atomic E-state index is 13.2. The number of benzene rings is 2. The van der Waals surface area contributed by atoms with E-state index in [-0.39, 0.29) is 23.0 Å². The molecule has 0 saturated carbocycles. The van der Waals surface area contributed by atoms with Crippen molar-refractivity contribution in [2.75, 3.05) is 20.2 Å². The van der Waals surface area contributed by atoms with Gasteiger partial charge in [0.2, 0.25) is 5.91 Å². The van der Waals surface area contributed by atoms with Crippen LogP contribution >= 0.6 is 11.8 Å². The Labute approximate surface area is 229 Å². The fourth-order valence-electron chi connectivity index (χ4n) is 4.99. The van der Waals surface area contributed by atoms with Crippen LogP contribution in [-0.4, -0.2) is 56.5 Å². The minimum atomic E-state index is -0.506. The van der Waals surface area contributed by atoms with Crippen LogP contribution in [0, 0.1) is 24.0 Å². The minimum Gasteiger partial charge on any atom is -0.494 e. The van der Waals surface area contributed by atoms with Gasteiger partial charge >= 0.3 is 0 Å². The quantitative estimate of drug-likeness (QED) is 0.251. The smallest absolute Gasteiger partial charge is 0.294 e. The van der Waals surface area contributed by atoms with Crippen molar-refractivity contribution in [1.29, 1.82) is 0 Å². The van der Waals surface area contributed by atoms with Crippen LogP contribution in [0.1, 0.15) is 28.1 Å². The number of thioether (sulfide) groups is 1. The van der Waals surface area contributed by atoms with Crippen molar-refractivity contribution in [1.82, 2.24) is 14.4 Å². The Balaban J connectivity index is 1.36. The standard InChI is InChI=1S/C28H26N4O6S/c1-17-12-21(18(2)31(17)23-9-8-22(32(36)37)14-24(23)38-3)13-25-27(34)30(28(35)39-25)16-26(33)29-11-10-19-6-4-5-7-20(19)15-29/h4-9,12-14H,10-11,15-16H2,1-3H3/b25-13-. The Bertz CT molecular complexity index is 1560. The van der Waals surface area contributed by atoms with Gasteiger partial charge in [0.25, 0.3) is 16.8 Å². The number of nitro groups is 1. The van der Waals surface area contributed by atoms with Gasteiger partial charge in [0.1, 0.15) is 12.3 Å². The number of amides is 3. The minimum absolute atomic E-state index is 0.0877. The number of non-ortho nitro benzene ring substituents is 1. The van der Waals surface area contributed by atoms with Gasteiger partial charge in [0.05, 0.1) is 28.7 Å². The SMILES string of the molecule is COc1cc([N+](=O)[O-])ccc1-n1c(C)cc(/C=C2\SC(=O)N(CC(=O)N3CCc4ccccc4C3)C2=O)c1C. The summed E-state index contributed by atoms with van der Waals surface area (Å²) in [6.07, 6.45) is 2.38. The normalized spacial score (nSPS) is 16.1. The van der Waals surface area contributed by atoms with Crippen molar-refractivity contribution >= 4 is 40.6 Å². The molecule has 3 aromatic rings. The molecular formula is C28H26N4O6S. The summed E-state index contributed by atoms with van der Waals surface area (Å²) in [5, 5.41) is 10.7. The highest BCUT2D eigenvalue weighted by Crippen LogP contribution is 2.36. The topological polar surface area (TPSA) is 115 Å².